The van der Waals surface area contributed by atoms with Gasteiger partial charge in [0.25, 0.3) is 0 Å². The van der Waals surface area contributed by atoms with Crippen LogP contribution in [-0.2, 0) is 6.42 Å². The van der Waals surface area contributed by atoms with Crippen molar-refractivity contribution >= 4 is 0 Å². The molecule has 0 spiro atoms. The van der Waals surface area contributed by atoms with E-state index in [0.29, 0.717) is 0 Å². The molecule has 0 N–H and O–H groups in total. The molecule has 0 radical (unpaired) electrons. The van der Waals surface area contributed by atoms with Crippen LogP contribution in [0.15, 0.2) is 24.3 Å². The Morgan fingerprint density at radius 3 is 2.50 bits per heavy atom. The molecule has 0 bridgehead atoms. The summed E-state index contributed by atoms with van der Waals surface area (Å²) in [5.41, 5.74) is 2.84. The zero-order chi connectivity index (χ0) is 12.8. The van der Waals surface area contributed by atoms with Crippen LogP contribution in [0, 0.1) is 25.2 Å². The minimum absolute atomic E-state index is 0.856. The highest BCUT2D eigenvalue weighted by Gasteiger charge is 2.18. The molecule has 0 saturated carbocycles. The van der Waals surface area contributed by atoms with Crippen molar-refractivity contribution in [2.24, 2.45) is 5.92 Å². The highest BCUT2D eigenvalue weighted by atomic mass is 15.1. The van der Waals surface area contributed by atoms with Gasteiger partial charge in [0.2, 0.25) is 0 Å². The Morgan fingerprint density at radius 2 is 1.89 bits per heavy atom. The summed E-state index contributed by atoms with van der Waals surface area (Å²) in [5.74, 6) is 3.59. The number of aryl methyl sites for hydroxylation is 1. The zero-order valence-electron chi connectivity index (χ0n) is 11.4. The summed E-state index contributed by atoms with van der Waals surface area (Å²) in [7, 11) is 0. The maximum absolute atomic E-state index is 5.31. The Labute approximate surface area is 111 Å². The van der Waals surface area contributed by atoms with Crippen LogP contribution in [0.4, 0.5) is 0 Å². The minimum atomic E-state index is 0.856. The lowest BCUT2D eigenvalue weighted by atomic mass is 9.90. The van der Waals surface area contributed by atoms with Crippen LogP contribution in [0.5, 0.6) is 0 Å². The summed E-state index contributed by atoms with van der Waals surface area (Å²) in [6, 6.07) is 8.99. The van der Waals surface area contributed by atoms with Gasteiger partial charge in [-0.3, -0.25) is 0 Å². The van der Waals surface area contributed by atoms with Crippen LogP contribution in [0.3, 0.4) is 0 Å². The normalized spacial score (nSPS) is 17.6. The van der Waals surface area contributed by atoms with Gasteiger partial charge in [-0.25, -0.2) is 0 Å². The number of benzene rings is 1. The molecule has 0 unspecified atom stereocenters. The van der Waals surface area contributed by atoms with Gasteiger partial charge in [0.15, 0.2) is 0 Å². The Bertz CT molecular complexity index is 391. The van der Waals surface area contributed by atoms with Gasteiger partial charge in [-0.1, -0.05) is 29.8 Å². The monoisotopic (exact) mass is 241 g/mol. The van der Waals surface area contributed by atoms with Gasteiger partial charge in [0.1, 0.15) is 0 Å². The zero-order valence-corrected chi connectivity index (χ0v) is 11.4. The van der Waals surface area contributed by atoms with Crippen molar-refractivity contribution in [2.45, 2.75) is 32.6 Å². The molecule has 0 amide bonds. The van der Waals surface area contributed by atoms with Gasteiger partial charge >= 0.3 is 0 Å². The third-order valence-corrected chi connectivity index (χ3v) is 3.92. The average molecular weight is 241 g/mol. The SMILES string of the molecule is C#CCCN1CCC(Cc2ccc(C)cc2)CC1. The molecule has 1 aromatic carbocycles. The second-order valence-electron chi connectivity index (χ2n) is 5.43. The fourth-order valence-electron chi connectivity index (χ4n) is 2.69. The van der Waals surface area contributed by atoms with E-state index >= 15 is 0 Å². The van der Waals surface area contributed by atoms with E-state index in [0.717, 1.165) is 18.9 Å². The predicted molar refractivity (Wildman–Crippen MR) is 77.5 cm³/mol. The molecule has 1 fully saturated rings. The van der Waals surface area contributed by atoms with E-state index in [1.54, 1.807) is 0 Å². The predicted octanol–water partition coefficient (Wildman–Crippen LogP) is 3.27. The molecule has 1 nitrogen and oxygen atoms in total. The van der Waals surface area contributed by atoms with Crippen molar-refractivity contribution in [3.63, 3.8) is 0 Å². The van der Waals surface area contributed by atoms with Crippen LogP contribution in [0.2, 0.25) is 0 Å². The summed E-state index contributed by atoms with van der Waals surface area (Å²) < 4.78 is 0. The highest BCUT2D eigenvalue weighted by molar-refractivity contribution is 5.21. The van der Waals surface area contributed by atoms with Crippen LogP contribution >= 0.6 is 0 Å². The lowest BCUT2D eigenvalue weighted by Gasteiger charge is -2.31. The van der Waals surface area contributed by atoms with Crippen LogP contribution < -0.4 is 0 Å². The van der Waals surface area contributed by atoms with E-state index in [1.165, 1.54) is 43.5 Å². The van der Waals surface area contributed by atoms with E-state index in [2.05, 4.69) is 42.0 Å². The van der Waals surface area contributed by atoms with Gasteiger partial charge in [-0.05, 0) is 50.8 Å². The Hall–Kier alpha value is -1.26. The van der Waals surface area contributed by atoms with E-state index < -0.39 is 0 Å². The second kappa shape index (κ2) is 6.61. The first kappa shape index (κ1) is 13.2. The molecule has 0 aromatic heterocycles. The minimum Gasteiger partial charge on any atom is -0.302 e. The lowest BCUT2D eigenvalue weighted by Crippen LogP contribution is -2.34. The smallest absolute Gasteiger partial charge is 0.0214 e. The third kappa shape index (κ3) is 3.89. The molecule has 1 heteroatoms. The standard InChI is InChI=1S/C17H23N/c1-3-4-11-18-12-9-17(10-13-18)14-16-7-5-15(2)6-8-16/h1,5-8,17H,4,9-14H2,2H3. The van der Waals surface area contributed by atoms with Gasteiger partial charge in [0.05, 0.1) is 0 Å². The molecule has 1 aromatic rings. The van der Waals surface area contributed by atoms with Gasteiger partial charge in [-0.15, -0.1) is 12.3 Å². The third-order valence-electron chi connectivity index (χ3n) is 3.92. The summed E-state index contributed by atoms with van der Waals surface area (Å²) >= 11 is 0. The number of piperidine rings is 1. The first-order chi connectivity index (χ1) is 8.78. The Morgan fingerprint density at radius 1 is 1.22 bits per heavy atom. The second-order valence-corrected chi connectivity index (χ2v) is 5.43. The van der Waals surface area contributed by atoms with Crippen molar-refractivity contribution in [3.8, 4) is 12.3 Å². The fraction of sp³-hybridized carbons (Fsp3) is 0.529. The number of nitrogens with zero attached hydrogens (tertiary/aromatic N) is 1. The fourth-order valence-corrected chi connectivity index (χ4v) is 2.69. The maximum atomic E-state index is 5.31. The van der Waals surface area contributed by atoms with Crippen molar-refractivity contribution < 1.29 is 0 Å². The Kier molecular flexibility index (Phi) is 4.84. The molecule has 18 heavy (non-hydrogen) atoms. The largest absolute Gasteiger partial charge is 0.302 e. The van der Waals surface area contributed by atoms with Crippen molar-refractivity contribution in [1.82, 2.24) is 4.90 Å². The van der Waals surface area contributed by atoms with Gasteiger partial charge < -0.3 is 4.90 Å². The Balaban J connectivity index is 1.76. The number of rotatable bonds is 4. The number of likely N-dealkylation sites (tertiary alicyclic amines) is 1. The summed E-state index contributed by atoms with van der Waals surface area (Å²) in [6.07, 6.45) is 10.1. The van der Waals surface area contributed by atoms with Crippen molar-refractivity contribution in [1.29, 1.82) is 0 Å². The van der Waals surface area contributed by atoms with E-state index in [-0.39, 0.29) is 0 Å². The highest BCUT2D eigenvalue weighted by Crippen LogP contribution is 2.21. The van der Waals surface area contributed by atoms with Crippen molar-refractivity contribution in [2.75, 3.05) is 19.6 Å². The van der Waals surface area contributed by atoms with Crippen molar-refractivity contribution in [3.05, 3.63) is 35.4 Å². The average Bonchev–Trinajstić information content (AvgIpc) is 2.41. The number of hydrogen-bond donors (Lipinski definition) is 0. The first-order valence-corrected chi connectivity index (χ1v) is 6.99. The van der Waals surface area contributed by atoms with Gasteiger partial charge in [-0.2, -0.15) is 0 Å². The molecule has 1 saturated heterocycles. The topological polar surface area (TPSA) is 3.24 Å². The van der Waals surface area contributed by atoms with E-state index in [4.69, 9.17) is 6.42 Å². The van der Waals surface area contributed by atoms with E-state index in [1.807, 2.05) is 0 Å². The lowest BCUT2D eigenvalue weighted by molar-refractivity contribution is 0.187. The summed E-state index contributed by atoms with van der Waals surface area (Å²) in [6.45, 7) is 5.66. The molecule has 1 aliphatic heterocycles. The molecule has 1 heterocycles. The van der Waals surface area contributed by atoms with Crippen LogP contribution in [0.1, 0.15) is 30.4 Å². The van der Waals surface area contributed by atoms with Gasteiger partial charge in [0, 0.05) is 13.0 Å². The maximum Gasteiger partial charge on any atom is 0.0214 e. The van der Waals surface area contributed by atoms with Crippen LogP contribution in [0.25, 0.3) is 0 Å². The quantitative estimate of drug-likeness (QED) is 0.731. The number of terminal acetylenes is 1. The molecular weight excluding hydrogens is 218 g/mol. The molecule has 1 aliphatic rings. The molecule has 2 rings (SSSR count). The first-order valence-electron chi connectivity index (χ1n) is 6.99. The molecule has 96 valence electrons. The summed E-state index contributed by atoms with van der Waals surface area (Å²) in [4.78, 5) is 2.51. The molecular formula is C17H23N. The molecule has 0 aliphatic carbocycles. The van der Waals surface area contributed by atoms with Crippen LogP contribution in [-0.4, -0.2) is 24.5 Å². The molecule has 0 atom stereocenters. The van der Waals surface area contributed by atoms with E-state index in [9.17, 15) is 0 Å². The summed E-state index contributed by atoms with van der Waals surface area (Å²) in [5, 5.41) is 0. The number of hydrogen-bond acceptors (Lipinski definition) is 1.